The van der Waals surface area contributed by atoms with Crippen LogP contribution < -0.4 is 5.32 Å². The molecule has 0 bridgehead atoms. The summed E-state index contributed by atoms with van der Waals surface area (Å²) in [6.07, 6.45) is 5.01. The maximum absolute atomic E-state index is 12.3. The summed E-state index contributed by atoms with van der Waals surface area (Å²) in [7, 11) is 0. The Kier molecular flexibility index (Phi) is 3.49. The molecule has 1 unspecified atom stereocenters. The van der Waals surface area contributed by atoms with E-state index >= 15 is 0 Å². The number of aromatic nitrogens is 2. The molecule has 1 aromatic carbocycles. The summed E-state index contributed by atoms with van der Waals surface area (Å²) >= 11 is 0. The molecule has 3 heterocycles. The van der Waals surface area contributed by atoms with Gasteiger partial charge in [-0.25, -0.2) is 9.67 Å². The van der Waals surface area contributed by atoms with E-state index in [4.69, 9.17) is 4.42 Å². The smallest absolute Gasteiger partial charge is 0.237 e. The normalized spacial score (nSPS) is 16.5. The number of furan rings is 1. The molecule has 1 aliphatic rings. The second-order valence-corrected chi connectivity index (χ2v) is 5.53. The summed E-state index contributed by atoms with van der Waals surface area (Å²) < 4.78 is 7.19. The fourth-order valence-corrected chi connectivity index (χ4v) is 2.86. The first-order valence-electron chi connectivity index (χ1n) is 7.81. The first kappa shape index (κ1) is 14.4. The molecule has 24 heavy (non-hydrogen) atoms. The lowest BCUT2D eigenvalue weighted by Gasteiger charge is -2.04. The number of benzene rings is 1. The molecule has 2 aromatic heterocycles. The molecule has 0 saturated carbocycles. The van der Waals surface area contributed by atoms with Crippen molar-refractivity contribution in [3.8, 4) is 11.3 Å². The van der Waals surface area contributed by atoms with Crippen molar-refractivity contribution < 1.29 is 9.21 Å². The van der Waals surface area contributed by atoms with E-state index in [-0.39, 0.29) is 5.91 Å². The van der Waals surface area contributed by atoms with Crippen LogP contribution in [0.5, 0.6) is 0 Å². The van der Waals surface area contributed by atoms with Crippen molar-refractivity contribution in [3.63, 3.8) is 0 Å². The molecule has 1 aliphatic heterocycles. The Balaban J connectivity index is 1.64. The number of hydrogen-bond acceptors (Lipinski definition) is 4. The van der Waals surface area contributed by atoms with Gasteiger partial charge in [0.15, 0.2) is 0 Å². The van der Waals surface area contributed by atoms with Crippen LogP contribution in [-0.4, -0.2) is 21.9 Å². The molecule has 0 spiro atoms. The van der Waals surface area contributed by atoms with Gasteiger partial charge >= 0.3 is 0 Å². The average molecular weight is 320 g/mol. The first-order chi connectivity index (χ1) is 11.8. The molecule has 120 valence electrons. The highest BCUT2D eigenvalue weighted by Crippen LogP contribution is 2.35. The lowest BCUT2D eigenvalue weighted by molar-refractivity contribution is -0.115. The Hall–Kier alpha value is -3.15. The molecule has 3 aromatic rings. The highest BCUT2D eigenvalue weighted by atomic mass is 16.3. The fourth-order valence-electron chi connectivity index (χ4n) is 2.86. The summed E-state index contributed by atoms with van der Waals surface area (Å²) in [4.78, 5) is 16.7. The fraction of sp³-hybridized carbons (Fsp3) is 0.167. The van der Waals surface area contributed by atoms with Gasteiger partial charge in [0.05, 0.1) is 12.5 Å². The van der Waals surface area contributed by atoms with Crippen LogP contribution in [0.2, 0.25) is 0 Å². The maximum atomic E-state index is 12.3. The molecule has 1 amide bonds. The van der Waals surface area contributed by atoms with Gasteiger partial charge in [0.1, 0.15) is 17.5 Å². The Bertz CT molecular complexity index is 909. The maximum Gasteiger partial charge on any atom is 0.237 e. The van der Waals surface area contributed by atoms with Crippen molar-refractivity contribution >= 4 is 23.6 Å². The van der Waals surface area contributed by atoms with Gasteiger partial charge in [0, 0.05) is 30.1 Å². The quantitative estimate of drug-likeness (QED) is 0.746. The zero-order valence-electron chi connectivity index (χ0n) is 13.1. The van der Waals surface area contributed by atoms with Crippen LogP contribution in [0.15, 0.2) is 58.3 Å². The van der Waals surface area contributed by atoms with E-state index in [0.29, 0.717) is 0 Å². The highest BCUT2D eigenvalue weighted by Gasteiger charge is 2.29. The topological polar surface area (TPSA) is 72.4 Å². The van der Waals surface area contributed by atoms with Crippen molar-refractivity contribution in [1.82, 2.24) is 9.78 Å². The molecule has 1 atom stereocenters. The number of aryl methyl sites for hydroxylation is 1. The van der Waals surface area contributed by atoms with E-state index in [1.165, 1.54) is 0 Å². The SMILES string of the molecule is CCn1nccc1N=CC1C(=O)Nc2cc(-c3ccco3)ccc21. The van der Waals surface area contributed by atoms with Crippen LogP contribution in [-0.2, 0) is 11.3 Å². The second kappa shape index (κ2) is 5.81. The third kappa shape index (κ3) is 2.42. The van der Waals surface area contributed by atoms with Crippen LogP contribution in [0.25, 0.3) is 11.3 Å². The van der Waals surface area contributed by atoms with Gasteiger partial charge in [0.25, 0.3) is 0 Å². The molecular weight excluding hydrogens is 304 g/mol. The van der Waals surface area contributed by atoms with E-state index in [0.717, 1.165) is 34.9 Å². The monoisotopic (exact) mass is 320 g/mol. The van der Waals surface area contributed by atoms with E-state index in [2.05, 4.69) is 15.4 Å². The number of nitrogens with zero attached hydrogens (tertiary/aromatic N) is 3. The minimum atomic E-state index is -0.397. The van der Waals surface area contributed by atoms with Crippen molar-refractivity contribution in [1.29, 1.82) is 0 Å². The molecule has 1 N–H and O–H groups in total. The zero-order chi connectivity index (χ0) is 16.5. The number of carbonyl (C=O) groups is 1. The Morgan fingerprint density at radius 2 is 2.29 bits per heavy atom. The number of nitrogens with one attached hydrogen (secondary N) is 1. The molecule has 4 rings (SSSR count). The largest absolute Gasteiger partial charge is 0.464 e. The molecule has 0 saturated heterocycles. The molecule has 6 nitrogen and oxygen atoms in total. The number of aliphatic imine (C=N–C) groups is 1. The van der Waals surface area contributed by atoms with Gasteiger partial charge in [-0.15, -0.1) is 0 Å². The number of rotatable bonds is 4. The van der Waals surface area contributed by atoms with Gasteiger partial charge < -0.3 is 9.73 Å². The number of hydrogen-bond donors (Lipinski definition) is 1. The van der Waals surface area contributed by atoms with Crippen molar-refractivity contribution in [3.05, 3.63) is 54.4 Å². The Labute approximate surface area is 138 Å². The second-order valence-electron chi connectivity index (χ2n) is 5.53. The zero-order valence-corrected chi connectivity index (χ0v) is 13.1. The summed E-state index contributed by atoms with van der Waals surface area (Å²) in [6, 6.07) is 11.4. The van der Waals surface area contributed by atoms with Gasteiger partial charge in [-0.05, 0) is 30.7 Å². The van der Waals surface area contributed by atoms with Crippen molar-refractivity contribution in [2.45, 2.75) is 19.4 Å². The number of amides is 1. The van der Waals surface area contributed by atoms with E-state index in [1.807, 2.05) is 43.3 Å². The van der Waals surface area contributed by atoms with Gasteiger partial charge in [-0.3, -0.25) is 4.79 Å². The van der Waals surface area contributed by atoms with Crippen LogP contribution in [0.1, 0.15) is 18.4 Å². The molecule has 0 radical (unpaired) electrons. The predicted octanol–water partition coefficient (Wildman–Crippen LogP) is 3.60. The summed E-state index contributed by atoms with van der Waals surface area (Å²) in [5.41, 5.74) is 2.65. The van der Waals surface area contributed by atoms with E-state index in [9.17, 15) is 4.79 Å². The van der Waals surface area contributed by atoms with Crippen molar-refractivity contribution in [2.75, 3.05) is 5.32 Å². The van der Waals surface area contributed by atoms with E-state index < -0.39 is 5.92 Å². The number of fused-ring (bicyclic) bond motifs is 1. The average Bonchev–Trinajstić information content (AvgIpc) is 3.32. The highest BCUT2D eigenvalue weighted by molar-refractivity contribution is 6.13. The Morgan fingerprint density at radius 1 is 1.38 bits per heavy atom. The van der Waals surface area contributed by atoms with Gasteiger partial charge in [0.2, 0.25) is 5.91 Å². The van der Waals surface area contributed by atoms with Crippen LogP contribution in [0, 0.1) is 0 Å². The first-order valence-corrected chi connectivity index (χ1v) is 7.81. The van der Waals surface area contributed by atoms with Gasteiger partial charge in [-0.2, -0.15) is 5.10 Å². The van der Waals surface area contributed by atoms with Crippen LogP contribution in [0.3, 0.4) is 0 Å². The third-order valence-electron chi connectivity index (χ3n) is 4.08. The van der Waals surface area contributed by atoms with Crippen molar-refractivity contribution in [2.24, 2.45) is 4.99 Å². The molecular formula is C18H16N4O2. The molecule has 0 fully saturated rings. The lowest BCUT2D eigenvalue weighted by atomic mass is 10.00. The summed E-state index contributed by atoms with van der Waals surface area (Å²) in [6.45, 7) is 2.74. The van der Waals surface area contributed by atoms with E-state index in [1.54, 1.807) is 23.4 Å². The minimum Gasteiger partial charge on any atom is -0.464 e. The number of carbonyl (C=O) groups excluding carboxylic acids is 1. The van der Waals surface area contributed by atoms with Gasteiger partial charge in [-0.1, -0.05) is 12.1 Å². The number of anilines is 1. The van der Waals surface area contributed by atoms with Crippen LogP contribution in [0.4, 0.5) is 11.5 Å². The Morgan fingerprint density at radius 3 is 3.08 bits per heavy atom. The molecule has 0 aliphatic carbocycles. The minimum absolute atomic E-state index is 0.0760. The summed E-state index contributed by atoms with van der Waals surface area (Å²) in [5.74, 6) is 1.04. The van der Waals surface area contributed by atoms with Crippen LogP contribution >= 0.6 is 0 Å². The molecule has 6 heteroatoms. The lowest BCUT2D eigenvalue weighted by Crippen LogP contribution is -2.13. The summed E-state index contributed by atoms with van der Waals surface area (Å²) in [5, 5.41) is 7.09. The third-order valence-corrected chi connectivity index (χ3v) is 4.08. The predicted molar refractivity (Wildman–Crippen MR) is 91.6 cm³/mol. The standard InChI is InChI=1S/C18H16N4O2/c1-2-22-17(7-8-20-22)19-11-14-13-6-5-12(16-4-3-9-24-16)10-15(13)21-18(14)23/h3-11,14H,2H2,1H3,(H,21,23).